The van der Waals surface area contributed by atoms with Gasteiger partial charge in [-0.1, -0.05) is 0 Å². The van der Waals surface area contributed by atoms with Crippen molar-refractivity contribution in [3.05, 3.63) is 63.5 Å². The van der Waals surface area contributed by atoms with Crippen LogP contribution in [0.4, 0.5) is 0 Å². The Morgan fingerprint density at radius 3 is 2.37 bits per heavy atom. The number of hydrogen-bond acceptors (Lipinski definition) is 3. The zero-order chi connectivity index (χ0) is 13.8. The van der Waals surface area contributed by atoms with Gasteiger partial charge in [0.25, 0.3) is 10.1 Å². The van der Waals surface area contributed by atoms with Crippen molar-refractivity contribution < 1.29 is 17.4 Å². The number of allylic oxidation sites excluding steroid dienone is 7. The lowest BCUT2D eigenvalue weighted by Crippen LogP contribution is -2.04. The van der Waals surface area contributed by atoms with E-state index < -0.39 is 10.1 Å². The summed E-state index contributed by atoms with van der Waals surface area (Å²) in [4.78, 5) is -0.00203. The van der Waals surface area contributed by atoms with Crippen molar-refractivity contribution in [3.63, 3.8) is 0 Å². The largest absolute Gasteiger partial charge is 0.464 e. The number of hydrogen-bond donors (Lipinski definition) is 1. The fourth-order valence-corrected chi connectivity index (χ4v) is 3.61. The van der Waals surface area contributed by atoms with Crippen LogP contribution in [0.25, 0.3) is 5.57 Å². The van der Waals surface area contributed by atoms with Crippen LogP contribution in [0.3, 0.4) is 0 Å². The predicted octanol–water partition coefficient (Wildman–Crippen LogP) is 3.09. The third-order valence-corrected chi connectivity index (χ3v) is 4.35. The van der Waals surface area contributed by atoms with Gasteiger partial charge in [0, 0.05) is 11.1 Å². The van der Waals surface area contributed by atoms with Gasteiger partial charge in [-0.05, 0) is 54.9 Å². The van der Waals surface area contributed by atoms with E-state index in [4.69, 9.17) is 4.42 Å². The SMILES string of the molecule is CC1=CC(c2ccco2)=C2C=C(C)C(S(=O)(=O)O)=C12. The van der Waals surface area contributed by atoms with Gasteiger partial charge in [0.15, 0.2) is 0 Å². The van der Waals surface area contributed by atoms with E-state index in [1.807, 2.05) is 19.1 Å². The fourth-order valence-electron chi connectivity index (χ4n) is 2.61. The highest BCUT2D eigenvalue weighted by atomic mass is 32.2. The van der Waals surface area contributed by atoms with E-state index in [2.05, 4.69) is 0 Å². The van der Waals surface area contributed by atoms with Crippen LogP contribution >= 0.6 is 0 Å². The molecule has 1 N–H and O–H groups in total. The molecule has 0 atom stereocenters. The number of rotatable bonds is 2. The first-order valence-corrected chi connectivity index (χ1v) is 7.21. The molecule has 4 nitrogen and oxygen atoms in total. The maximum absolute atomic E-state index is 11.5. The van der Waals surface area contributed by atoms with Gasteiger partial charge in [0.1, 0.15) is 10.7 Å². The molecule has 0 unspecified atom stereocenters. The van der Waals surface area contributed by atoms with Gasteiger partial charge in [0.2, 0.25) is 0 Å². The first-order chi connectivity index (χ1) is 8.89. The van der Waals surface area contributed by atoms with Gasteiger partial charge in [-0.25, -0.2) is 0 Å². The first-order valence-electron chi connectivity index (χ1n) is 5.77. The first kappa shape index (κ1) is 12.2. The Labute approximate surface area is 111 Å². The fraction of sp³-hybridized carbons (Fsp3) is 0.143. The Balaban J connectivity index is 2.32. The standard InChI is InChI=1S/C14H12O4S/c1-8-6-10(12-4-3-5-18-12)11-7-9(2)14(13(8)11)19(15,16)17/h3-7H,1-2H3,(H,15,16,17). The lowest BCUT2D eigenvalue weighted by Gasteiger charge is -2.04. The lowest BCUT2D eigenvalue weighted by atomic mass is 10.1. The minimum Gasteiger partial charge on any atom is -0.464 e. The molecule has 98 valence electrons. The molecule has 3 rings (SSSR count). The van der Waals surface area contributed by atoms with Crippen molar-refractivity contribution in [1.82, 2.24) is 0 Å². The summed E-state index contributed by atoms with van der Waals surface area (Å²) in [5.41, 5.74) is 3.56. The van der Waals surface area contributed by atoms with Crippen LogP contribution in [0.2, 0.25) is 0 Å². The van der Waals surface area contributed by atoms with E-state index >= 15 is 0 Å². The highest BCUT2D eigenvalue weighted by Gasteiger charge is 2.33. The molecular weight excluding hydrogens is 264 g/mol. The predicted molar refractivity (Wildman–Crippen MR) is 71.7 cm³/mol. The second-order valence-corrected chi connectivity index (χ2v) is 6.00. The van der Waals surface area contributed by atoms with Crippen molar-refractivity contribution in [2.24, 2.45) is 0 Å². The summed E-state index contributed by atoms with van der Waals surface area (Å²) in [6, 6.07) is 3.60. The van der Waals surface area contributed by atoms with Gasteiger partial charge in [-0.3, -0.25) is 4.55 Å². The van der Waals surface area contributed by atoms with Crippen LogP contribution in [-0.4, -0.2) is 13.0 Å². The maximum Gasteiger partial charge on any atom is 0.295 e. The van der Waals surface area contributed by atoms with Crippen molar-refractivity contribution in [2.75, 3.05) is 0 Å². The Kier molecular flexibility index (Phi) is 2.45. The van der Waals surface area contributed by atoms with Crippen LogP contribution in [-0.2, 0) is 10.1 Å². The summed E-state index contributed by atoms with van der Waals surface area (Å²) < 4.78 is 37.8. The molecule has 1 heterocycles. The summed E-state index contributed by atoms with van der Waals surface area (Å²) in [5.74, 6) is 0.685. The highest BCUT2D eigenvalue weighted by molar-refractivity contribution is 7.90. The second-order valence-electron chi connectivity index (χ2n) is 4.64. The van der Waals surface area contributed by atoms with Gasteiger partial charge in [-0.2, -0.15) is 8.42 Å². The lowest BCUT2D eigenvalue weighted by molar-refractivity contribution is 0.491. The summed E-state index contributed by atoms with van der Waals surface area (Å²) in [5, 5.41) is 0. The van der Waals surface area contributed by atoms with Crippen molar-refractivity contribution in [2.45, 2.75) is 13.8 Å². The molecule has 0 radical (unpaired) electrons. The third-order valence-electron chi connectivity index (χ3n) is 3.31. The van der Waals surface area contributed by atoms with Crippen LogP contribution in [0.15, 0.2) is 62.2 Å². The molecule has 0 spiro atoms. The van der Waals surface area contributed by atoms with Gasteiger partial charge in [0.05, 0.1) is 6.26 Å². The van der Waals surface area contributed by atoms with Crippen LogP contribution < -0.4 is 0 Å². The molecule has 19 heavy (non-hydrogen) atoms. The second kappa shape index (κ2) is 3.82. The summed E-state index contributed by atoms with van der Waals surface area (Å²) in [6.07, 6.45) is 5.21. The quantitative estimate of drug-likeness (QED) is 0.843. The molecule has 0 amide bonds. The van der Waals surface area contributed by atoms with E-state index in [0.29, 0.717) is 16.9 Å². The molecule has 0 saturated heterocycles. The highest BCUT2D eigenvalue weighted by Crippen LogP contribution is 2.46. The van der Waals surface area contributed by atoms with Crippen LogP contribution in [0, 0.1) is 0 Å². The Morgan fingerprint density at radius 1 is 1.11 bits per heavy atom. The Hall–Kier alpha value is -1.85. The Morgan fingerprint density at radius 2 is 1.79 bits per heavy atom. The molecule has 0 bridgehead atoms. The van der Waals surface area contributed by atoms with E-state index in [0.717, 1.165) is 16.7 Å². The third kappa shape index (κ3) is 1.74. The van der Waals surface area contributed by atoms with Gasteiger partial charge in [-0.15, -0.1) is 0 Å². The molecular formula is C14H12O4S. The molecule has 1 aromatic heterocycles. The van der Waals surface area contributed by atoms with E-state index in [1.54, 1.807) is 25.3 Å². The zero-order valence-electron chi connectivity index (χ0n) is 10.5. The van der Waals surface area contributed by atoms with Crippen molar-refractivity contribution >= 4 is 15.7 Å². The van der Waals surface area contributed by atoms with E-state index in [9.17, 15) is 13.0 Å². The zero-order valence-corrected chi connectivity index (χ0v) is 11.3. The van der Waals surface area contributed by atoms with Crippen LogP contribution in [0.1, 0.15) is 19.6 Å². The monoisotopic (exact) mass is 276 g/mol. The molecule has 0 aromatic carbocycles. The molecule has 0 aliphatic heterocycles. The molecule has 0 saturated carbocycles. The maximum atomic E-state index is 11.5. The smallest absolute Gasteiger partial charge is 0.295 e. The van der Waals surface area contributed by atoms with Crippen molar-refractivity contribution in [1.29, 1.82) is 0 Å². The molecule has 1 aromatic rings. The normalized spacial score (nSPS) is 18.9. The molecule has 5 heteroatoms. The summed E-state index contributed by atoms with van der Waals surface area (Å²) in [6.45, 7) is 3.50. The summed E-state index contributed by atoms with van der Waals surface area (Å²) >= 11 is 0. The van der Waals surface area contributed by atoms with E-state index in [-0.39, 0.29) is 4.91 Å². The molecule has 2 aliphatic carbocycles. The average Bonchev–Trinajstić information content (AvgIpc) is 2.94. The van der Waals surface area contributed by atoms with Gasteiger partial charge >= 0.3 is 0 Å². The molecule has 0 fully saturated rings. The Bertz CT molecular complexity index is 785. The molecule has 2 aliphatic rings. The minimum atomic E-state index is -4.23. The summed E-state index contributed by atoms with van der Waals surface area (Å²) in [7, 11) is -4.23. The number of furan rings is 1. The average molecular weight is 276 g/mol. The number of fused-ring (bicyclic) bond motifs is 1. The van der Waals surface area contributed by atoms with Gasteiger partial charge < -0.3 is 4.42 Å². The minimum absolute atomic E-state index is 0.00203. The van der Waals surface area contributed by atoms with Crippen LogP contribution in [0.5, 0.6) is 0 Å². The van der Waals surface area contributed by atoms with Crippen molar-refractivity contribution in [3.8, 4) is 0 Å². The topological polar surface area (TPSA) is 67.5 Å². The van der Waals surface area contributed by atoms with E-state index in [1.165, 1.54) is 0 Å².